The summed E-state index contributed by atoms with van der Waals surface area (Å²) in [6.07, 6.45) is 1.65. The Bertz CT molecular complexity index is 860. The van der Waals surface area contributed by atoms with Gasteiger partial charge in [-0.3, -0.25) is 0 Å². The molecule has 122 valence electrons. The van der Waals surface area contributed by atoms with Crippen LogP contribution in [0.15, 0.2) is 40.3 Å². The van der Waals surface area contributed by atoms with Crippen LogP contribution in [0.1, 0.15) is 17.2 Å². The number of nitrogens with two attached hydrogens (primary N) is 1. The number of benzene rings is 1. The summed E-state index contributed by atoms with van der Waals surface area (Å²) in [5, 5.41) is 0.0549. The van der Waals surface area contributed by atoms with Crippen LogP contribution >= 0.6 is 11.8 Å². The van der Waals surface area contributed by atoms with E-state index in [1.807, 2.05) is 0 Å². The highest BCUT2D eigenvalue weighted by Crippen LogP contribution is 2.31. The molecule has 1 heterocycles. The average Bonchev–Trinajstić information content (AvgIpc) is 2.46. The number of rotatable bonds is 4. The largest absolute Gasteiger partial charge is 0.392 e. The second kappa shape index (κ2) is 6.67. The third-order valence-electron chi connectivity index (χ3n) is 3.00. The number of hydrogen-bond acceptors (Lipinski definition) is 6. The topological polar surface area (TPSA) is 85.9 Å². The molecule has 0 radical (unpaired) electrons. The average molecular weight is 353 g/mol. The fourth-order valence-electron chi connectivity index (χ4n) is 2.03. The first-order chi connectivity index (χ1) is 10.8. The fraction of sp³-hybridized carbons (Fsp3) is 0.200. The zero-order chi connectivity index (χ0) is 17.2. The zero-order valence-corrected chi connectivity index (χ0v) is 14.5. The lowest BCUT2D eigenvalue weighted by Crippen LogP contribution is -2.13. The van der Waals surface area contributed by atoms with E-state index < -0.39 is 15.7 Å². The minimum absolute atomic E-state index is 0.0126. The third-order valence-corrected chi connectivity index (χ3v) is 5.59. The predicted molar refractivity (Wildman–Crippen MR) is 89.7 cm³/mol. The van der Waals surface area contributed by atoms with Gasteiger partial charge in [-0.2, -0.15) is 0 Å². The Hall–Kier alpha value is -1.93. The van der Waals surface area contributed by atoms with Crippen molar-refractivity contribution in [3.05, 3.63) is 58.4 Å². The Labute approximate surface area is 138 Å². The maximum absolute atomic E-state index is 13.4. The molecule has 0 amide bonds. The van der Waals surface area contributed by atoms with Crippen LogP contribution in [0.25, 0.3) is 4.91 Å². The Balaban J connectivity index is 2.74. The van der Waals surface area contributed by atoms with Crippen LogP contribution in [0, 0.1) is 19.7 Å². The standard InChI is InChI=1S/C15H16FN3O2S2/c1-9-7-10(2)19-15(18-9)13(14(17)22-3)23(20,21)12-6-4-5-11(16)8-12/h4-8H,17H2,1-3H3. The number of aromatic nitrogens is 2. The molecule has 0 aliphatic carbocycles. The van der Waals surface area contributed by atoms with Crippen molar-refractivity contribution < 1.29 is 12.8 Å². The van der Waals surface area contributed by atoms with Gasteiger partial charge in [0.2, 0.25) is 9.84 Å². The molecule has 0 atom stereocenters. The first-order valence-electron chi connectivity index (χ1n) is 6.62. The lowest BCUT2D eigenvalue weighted by molar-refractivity contribution is 0.599. The normalized spacial score (nSPS) is 12.9. The third kappa shape index (κ3) is 3.70. The van der Waals surface area contributed by atoms with Crippen LogP contribution in [-0.4, -0.2) is 24.6 Å². The SMILES string of the molecule is CSC(N)=C(c1nc(C)cc(C)n1)S(=O)(=O)c1cccc(F)c1. The molecular weight excluding hydrogens is 337 g/mol. The van der Waals surface area contributed by atoms with Gasteiger partial charge >= 0.3 is 0 Å². The molecule has 23 heavy (non-hydrogen) atoms. The van der Waals surface area contributed by atoms with E-state index in [9.17, 15) is 12.8 Å². The van der Waals surface area contributed by atoms with Gasteiger partial charge in [0, 0.05) is 11.4 Å². The van der Waals surface area contributed by atoms with Crippen LogP contribution < -0.4 is 5.73 Å². The van der Waals surface area contributed by atoms with Gasteiger partial charge in [-0.1, -0.05) is 6.07 Å². The highest BCUT2D eigenvalue weighted by molar-refractivity contribution is 8.06. The number of thioether (sulfide) groups is 1. The van der Waals surface area contributed by atoms with Crippen molar-refractivity contribution >= 4 is 26.5 Å². The molecular formula is C15H16FN3O2S2. The van der Waals surface area contributed by atoms with Crippen LogP contribution in [-0.2, 0) is 9.84 Å². The Kier molecular flexibility index (Phi) is 5.06. The summed E-state index contributed by atoms with van der Waals surface area (Å²) in [7, 11) is -4.05. The first kappa shape index (κ1) is 17.4. The quantitative estimate of drug-likeness (QED) is 0.909. The zero-order valence-electron chi connectivity index (χ0n) is 12.9. The van der Waals surface area contributed by atoms with Crippen molar-refractivity contribution in [3.63, 3.8) is 0 Å². The second-order valence-corrected chi connectivity index (χ2v) is 7.57. The molecule has 2 N–H and O–H groups in total. The Morgan fingerprint density at radius 3 is 2.30 bits per heavy atom. The molecule has 0 aliphatic rings. The number of nitrogens with zero attached hydrogens (tertiary/aromatic N) is 2. The van der Waals surface area contributed by atoms with Gasteiger partial charge in [-0.05, 0) is 44.4 Å². The van der Waals surface area contributed by atoms with Gasteiger partial charge in [0.1, 0.15) is 10.7 Å². The summed E-state index contributed by atoms with van der Waals surface area (Å²) < 4.78 is 39.2. The van der Waals surface area contributed by atoms with Crippen molar-refractivity contribution in [2.45, 2.75) is 18.7 Å². The second-order valence-electron chi connectivity index (χ2n) is 4.83. The molecule has 0 bridgehead atoms. The van der Waals surface area contributed by atoms with E-state index in [1.165, 1.54) is 18.2 Å². The number of hydrogen-bond donors (Lipinski definition) is 1. The minimum atomic E-state index is -4.05. The van der Waals surface area contributed by atoms with Crippen molar-refractivity contribution in [1.82, 2.24) is 9.97 Å². The highest BCUT2D eigenvalue weighted by atomic mass is 32.2. The molecule has 1 aromatic heterocycles. The van der Waals surface area contributed by atoms with E-state index >= 15 is 0 Å². The first-order valence-corrected chi connectivity index (χ1v) is 9.33. The van der Waals surface area contributed by atoms with Crippen LogP contribution in [0.2, 0.25) is 0 Å². The van der Waals surface area contributed by atoms with E-state index in [0.29, 0.717) is 11.4 Å². The van der Waals surface area contributed by atoms with Crippen LogP contribution in [0.4, 0.5) is 4.39 Å². The predicted octanol–water partition coefficient (Wildman–Crippen LogP) is 2.65. The van der Waals surface area contributed by atoms with Crippen LogP contribution in [0.3, 0.4) is 0 Å². The van der Waals surface area contributed by atoms with E-state index in [0.717, 1.165) is 17.8 Å². The maximum atomic E-state index is 13.4. The summed E-state index contributed by atoms with van der Waals surface area (Å²) in [5.74, 6) is -0.631. The van der Waals surface area contributed by atoms with E-state index in [1.54, 1.807) is 26.2 Å². The molecule has 1 aromatic carbocycles. The molecule has 5 nitrogen and oxygen atoms in total. The maximum Gasteiger partial charge on any atom is 0.213 e. The summed E-state index contributed by atoms with van der Waals surface area (Å²) >= 11 is 1.07. The molecule has 0 fully saturated rings. The van der Waals surface area contributed by atoms with Crippen molar-refractivity contribution in [1.29, 1.82) is 0 Å². The summed E-state index contributed by atoms with van der Waals surface area (Å²) in [5.41, 5.74) is 7.14. The van der Waals surface area contributed by atoms with Gasteiger partial charge in [-0.25, -0.2) is 22.8 Å². The molecule has 2 aromatic rings. The summed E-state index contributed by atoms with van der Waals surface area (Å²) in [6.45, 7) is 3.47. The molecule has 0 saturated heterocycles. The van der Waals surface area contributed by atoms with Crippen LogP contribution in [0.5, 0.6) is 0 Å². The molecule has 0 unspecified atom stereocenters. The monoisotopic (exact) mass is 353 g/mol. The molecule has 0 saturated carbocycles. The lowest BCUT2D eigenvalue weighted by atomic mass is 10.3. The van der Waals surface area contributed by atoms with Gasteiger partial charge in [0.05, 0.1) is 9.92 Å². The smallest absolute Gasteiger partial charge is 0.213 e. The van der Waals surface area contributed by atoms with Crippen molar-refractivity contribution in [3.8, 4) is 0 Å². The molecule has 0 aliphatic heterocycles. The van der Waals surface area contributed by atoms with E-state index in [-0.39, 0.29) is 20.7 Å². The highest BCUT2D eigenvalue weighted by Gasteiger charge is 2.28. The number of aryl methyl sites for hydroxylation is 2. The summed E-state index contributed by atoms with van der Waals surface area (Å²) in [4.78, 5) is 7.97. The van der Waals surface area contributed by atoms with Gasteiger partial charge in [0.25, 0.3) is 0 Å². The van der Waals surface area contributed by atoms with Gasteiger partial charge in [-0.15, -0.1) is 11.8 Å². The molecule has 2 rings (SSSR count). The Morgan fingerprint density at radius 1 is 1.17 bits per heavy atom. The number of halogens is 1. The number of sulfone groups is 1. The molecule has 8 heteroatoms. The van der Waals surface area contributed by atoms with Gasteiger partial charge in [0.15, 0.2) is 5.82 Å². The van der Waals surface area contributed by atoms with Crippen molar-refractivity contribution in [2.75, 3.05) is 6.26 Å². The fourth-order valence-corrected chi connectivity index (χ4v) is 4.25. The van der Waals surface area contributed by atoms with Gasteiger partial charge < -0.3 is 5.73 Å². The van der Waals surface area contributed by atoms with Crippen molar-refractivity contribution in [2.24, 2.45) is 5.73 Å². The minimum Gasteiger partial charge on any atom is -0.392 e. The van der Waals surface area contributed by atoms with E-state index in [4.69, 9.17) is 5.73 Å². The lowest BCUT2D eigenvalue weighted by Gasteiger charge is -2.12. The summed E-state index contributed by atoms with van der Waals surface area (Å²) in [6, 6.07) is 6.50. The Morgan fingerprint density at radius 2 is 1.78 bits per heavy atom. The molecule has 0 spiro atoms. The van der Waals surface area contributed by atoms with E-state index in [2.05, 4.69) is 9.97 Å².